The monoisotopic (exact) mass is 358 g/mol. The lowest BCUT2D eigenvalue weighted by Crippen LogP contribution is -2.46. The molecule has 5 nitrogen and oxygen atoms in total. The molecule has 0 spiro atoms. The molecule has 0 radical (unpaired) electrons. The third-order valence-electron chi connectivity index (χ3n) is 4.41. The van der Waals surface area contributed by atoms with Crippen LogP contribution in [0.1, 0.15) is 32.3 Å². The number of anilines is 1. The van der Waals surface area contributed by atoms with Gasteiger partial charge in [0.1, 0.15) is 5.82 Å². The Kier molecular flexibility index (Phi) is 6.64. The van der Waals surface area contributed by atoms with Gasteiger partial charge in [-0.15, -0.1) is 0 Å². The minimum atomic E-state index is -4.37. The van der Waals surface area contributed by atoms with Gasteiger partial charge in [0.2, 0.25) is 5.91 Å². The van der Waals surface area contributed by atoms with Gasteiger partial charge in [-0.2, -0.15) is 13.2 Å². The maximum atomic E-state index is 12.6. The first-order chi connectivity index (χ1) is 11.8. The van der Waals surface area contributed by atoms with Crippen molar-refractivity contribution < 1.29 is 18.0 Å². The van der Waals surface area contributed by atoms with Crippen LogP contribution in [0.2, 0.25) is 0 Å². The number of carbonyl (C=O) groups is 1. The molecule has 0 aliphatic carbocycles. The molecule has 1 N–H and O–H groups in total. The molecule has 140 valence electrons. The van der Waals surface area contributed by atoms with Gasteiger partial charge in [-0.1, -0.05) is 6.92 Å². The number of aromatic nitrogens is 1. The van der Waals surface area contributed by atoms with Gasteiger partial charge in [0.25, 0.3) is 0 Å². The molecule has 1 aliphatic heterocycles. The predicted molar refractivity (Wildman–Crippen MR) is 90.4 cm³/mol. The van der Waals surface area contributed by atoms with Crippen molar-refractivity contribution in [3.8, 4) is 0 Å². The van der Waals surface area contributed by atoms with E-state index in [1.54, 1.807) is 0 Å². The van der Waals surface area contributed by atoms with Crippen molar-refractivity contribution >= 4 is 11.7 Å². The summed E-state index contributed by atoms with van der Waals surface area (Å²) in [5.41, 5.74) is -0.742. The summed E-state index contributed by atoms with van der Waals surface area (Å²) < 4.78 is 37.9. The Hall–Kier alpha value is -1.83. The van der Waals surface area contributed by atoms with Crippen LogP contribution in [0.3, 0.4) is 0 Å². The Morgan fingerprint density at radius 1 is 1.28 bits per heavy atom. The van der Waals surface area contributed by atoms with E-state index in [0.29, 0.717) is 32.0 Å². The van der Waals surface area contributed by atoms with Crippen molar-refractivity contribution in [3.05, 3.63) is 23.9 Å². The fourth-order valence-corrected chi connectivity index (χ4v) is 2.86. The van der Waals surface area contributed by atoms with E-state index in [2.05, 4.69) is 15.2 Å². The Labute approximate surface area is 146 Å². The molecule has 1 fully saturated rings. The number of pyridine rings is 1. The van der Waals surface area contributed by atoms with E-state index in [9.17, 15) is 18.0 Å². The average molecular weight is 358 g/mol. The number of rotatable bonds is 5. The fourth-order valence-electron chi connectivity index (χ4n) is 2.86. The van der Waals surface area contributed by atoms with Gasteiger partial charge in [-0.25, -0.2) is 4.98 Å². The van der Waals surface area contributed by atoms with Crippen LogP contribution in [0, 0.1) is 0 Å². The lowest BCUT2D eigenvalue weighted by molar-refractivity contribution is -0.137. The summed E-state index contributed by atoms with van der Waals surface area (Å²) in [6, 6.07) is 2.26. The number of nitrogens with zero attached hydrogens (tertiary/aromatic N) is 3. The van der Waals surface area contributed by atoms with Crippen molar-refractivity contribution in [3.63, 3.8) is 0 Å². The van der Waals surface area contributed by atoms with Crippen LogP contribution < -0.4 is 10.2 Å². The summed E-state index contributed by atoms with van der Waals surface area (Å²) in [6.07, 6.45) is -1.78. The fraction of sp³-hybridized carbons (Fsp3) is 0.647. The summed E-state index contributed by atoms with van der Waals surface area (Å²) in [6.45, 7) is 7.34. The van der Waals surface area contributed by atoms with Gasteiger partial charge in [0.15, 0.2) is 0 Å². The first kappa shape index (κ1) is 19.5. The molecule has 0 aromatic carbocycles. The molecule has 0 saturated carbocycles. The molecule has 25 heavy (non-hydrogen) atoms. The standard InChI is InChI=1S/C17H25F3N4O/c1-3-7-21-16(25)13(2)23-8-4-9-24(11-10-23)15-6-5-14(12-22-15)17(18,19)20/h5-6,12-13H,3-4,7-11H2,1-2H3,(H,21,25)/t13-/m1/s1. The molecule has 0 bridgehead atoms. The van der Waals surface area contributed by atoms with Gasteiger partial charge < -0.3 is 10.2 Å². The Bertz CT molecular complexity index is 562. The van der Waals surface area contributed by atoms with Gasteiger partial charge in [0.05, 0.1) is 11.6 Å². The third kappa shape index (κ3) is 5.32. The van der Waals surface area contributed by atoms with E-state index in [0.717, 1.165) is 31.6 Å². The van der Waals surface area contributed by atoms with E-state index in [-0.39, 0.29) is 11.9 Å². The highest BCUT2D eigenvalue weighted by Crippen LogP contribution is 2.29. The topological polar surface area (TPSA) is 48.5 Å². The highest BCUT2D eigenvalue weighted by atomic mass is 19.4. The van der Waals surface area contributed by atoms with Gasteiger partial charge in [-0.3, -0.25) is 9.69 Å². The van der Waals surface area contributed by atoms with E-state index < -0.39 is 11.7 Å². The largest absolute Gasteiger partial charge is 0.417 e. The van der Waals surface area contributed by atoms with E-state index in [1.165, 1.54) is 6.07 Å². The summed E-state index contributed by atoms with van der Waals surface area (Å²) >= 11 is 0. The van der Waals surface area contributed by atoms with Crippen molar-refractivity contribution in [2.45, 2.75) is 38.9 Å². The number of hydrogen-bond donors (Lipinski definition) is 1. The lowest BCUT2D eigenvalue weighted by Gasteiger charge is -2.27. The number of hydrogen-bond acceptors (Lipinski definition) is 4. The van der Waals surface area contributed by atoms with Crippen LogP contribution in [0.15, 0.2) is 18.3 Å². The molecule has 2 rings (SSSR count). The Morgan fingerprint density at radius 3 is 2.64 bits per heavy atom. The summed E-state index contributed by atoms with van der Waals surface area (Å²) in [7, 11) is 0. The Morgan fingerprint density at radius 2 is 2.04 bits per heavy atom. The van der Waals surface area contributed by atoms with Crippen molar-refractivity contribution in [2.24, 2.45) is 0 Å². The molecule has 1 aromatic rings. The zero-order chi connectivity index (χ0) is 18.4. The van der Waals surface area contributed by atoms with E-state index in [1.807, 2.05) is 18.7 Å². The molecule has 1 saturated heterocycles. The van der Waals surface area contributed by atoms with Crippen LogP contribution in [0.25, 0.3) is 0 Å². The molecule has 1 amide bonds. The zero-order valence-corrected chi connectivity index (χ0v) is 14.6. The van der Waals surface area contributed by atoms with Crippen LogP contribution >= 0.6 is 0 Å². The summed E-state index contributed by atoms with van der Waals surface area (Å²) in [5, 5.41) is 2.90. The molecule has 2 heterocycles. The highest BCUT2D eigenvalue weighted by Gasteiger charge is 2.31. The molecule has 1 atom stereocenters. The SMILES string of the molecule is CCCNC(=O)[C@@H](C)N1CCCN(c2ccc(C(F)(F)F)cn2)CC1. The second-order valence-electron chi connectivity index (χ2n) is 6.25. The van der Waals surface area contributed by atoms with Crippen molar-refractivity contribution in [1.29, 1.82) is 0 Å². The van der Waals surface area contributed by atoms with Crippen LogP contribution in [0.5, 0.6) is 0 Å². The second kappa shape index (κ2) is 8.51. The maximum Gasteiger partial charge on any atom is 0.417 e. The van der Waals surface area contributed by atoms with Crippen LogP contribution in [-0.2, 0) is 11.0 Å². The summed E-state index contributed by atoms with van der Waals surface area (Å²) in [4.78, 5) is 20.2. The predicted octanol–water partition coefficient (Wildman–Crippen LogP) is 2.53. The molecule has 1 aliphatic rings. The third-order valence-corrected chi connectivity index (χ3v) is 4.41. The summed E-state index contributed by atoms with van der Waals surface area (Å²) in [5.74, 6) is 0.556. The van der Waals surface area contributed by atoms with Crippen molar-refractivity contribution in [2.75, 3.05) is 37.6 Å². The second-order valence-corrected chi connectivity index (χ2v) is 6.25. The molecule has 8 heteroatoms. The van der Waals surface area contributed by atoms with Gasteiger partial charge in [0, 0.05) is 38.9 Å². The van der Waals surface area contributed by atoms with E-state index >= 15 is 0 Å². The zero-order valence-electron chi connectivity index (χ0n) is 14.6. The quantitative estimate of drug-likeness (QED) is 0.879. The molecular formula is C17H25F3N4O. The lowest BCUT2D eigenvalue weighted by atomic mass is 10.2. The number of alkyl halides is 3. The van der Waals surface area contributed by atoms with Crippen molar-refractivity contribution in [1.82, 2.24) is 15.2 Å². The number of nitrogens with one attached hydrogen (secondary N) is 1. The van der Waals surface area contributed by atoms with Gasteiger partial charge >= 0.3 is 6.18 Å². The molecular weight excluding hydrogens is 333 g/mol. The number of amides is 1. The van der Waals surface area contributed by atoms with Gasteiger partial charge in [-0.05, 0) is 31.9 Å². The minimum absolute atomic E-state index is 0.0166. The molecule has 0 unspecified atom stereocenters. The average Bonchev–Trinajstić information content (AvgIpc) is 2.84. The molecule has 1 aromatic heterocycles. The Balaban J connectivity index is 1.95. The first-order valence-corrected chi connectivity index (χ1v) is 8.63. The smallest absolute Gasteiger partial charge is 0.355 e. The van der Waals surface area contributed by atoms with E-state index in [4.69, 9.17) is 0 Å². The van der Waals surface area contributed by atoms with Crippen LogP contribution in [0.4, 0.5) is 19.0 Å². The number of carbonyl (C=O) groups excluding carboxylic acids is 1. The van der Waals surface area contributed by atoms with Crippen LogP contribution in [-0.4, -0.2) is 54.6 Å². The first-order valence-electron chi connectivity index (χ1n) is 8.63. The number of halogens is 3. The minimum Gasteiger partial charge on any atom is -0.355 e. The highest BCUT2D eigenvalue weighted by molar-refractivity contribution is 5.81. The normalized spacial score (nSPS) is 17.9. The maximum absolute atomic E-state index is 12.6.